The number of piperazine rings is 1. The number of aryl methyl sites for hydroxylation is 1. The lowest BCUT2D eigenvalue weighted by atomic mass is 10.0. The van der Waals surface area contributed by atoms with Crippen LogP contribution < -0.4 is 21.7 Å². The van der Waals surface area contributed by atoms with Crippen LogP contribution in [0.15, 0.2) is 77.8 Å². The largest absolute Gasteiger partial charge is 0.398 e. The van der Waals surface area contributed by atoms with Gasteiger partial charge >= 0.3 is 0 Å². The molecule has 1 aliphatic rings. The van der Waals surface area contributed by atoms with E-state index in [1.807, 2.05) is 101 Å². The van der Waals surface area contributed by atoms with Crippen molar-refractivity contribution in [3.63, 3.8) is 0 Å². The van der Waals surface area contributed by atoms with Crippen molar-refractivity contribution < 1.29 is 19.1 Å². The van der Waals surface area contributed by atoms with E-state index in [0.29, 0.717) is 55.0 Å². The number of pyridine rings is 1. The Balaban J connectivity index is 0.972. The van der Waals surface area contributed by atoms with Gasteiger partial charge in [-0.1, -0.05) is 51.1 Å². The number of nitrogens with zero attached hydrogens (tertiary/aromatic N) is 3. The predicted octanol–water partition coefficient (Wildman–Crippen LogP) is 7.68. The molecular formula is C46H63N7O4S. The van der Waals surface area contributed by atoms with Crippen LogP contribution in [0, 0.1) is 6.92 Å². The molecule has 12 heteroatoms. The van der Waals surface area contributed by atoms with Crippen molar-refractivity contribution in [2.75, 3.05) is 56.9 Å². The molecular weight excluding hydrogens is 747 g/mol. The van der Waals surface area contributed by atoms with Crippen LogP contribution in [0.3, 0.4) is 0 Å². The van der Waals surface area contributed by atoms with Crippen LogP contribution in [0.5, 0.6) is 0 Å². The first-order chi connectivity index (χ1) is 27.4. The maximum absolute atomic E-state index is 13.1. The van der Waals surface area contributed by atoms with E-state index in [4.69, 9.17) is 10.5 Å². The Morgan fingerprint density at radius 3 is 2.26 bits per heavy atom. The van der Waals surface area contributed by atoms with Crippen LogP contribution in [0.4, 0.5) is 11.4 Å². The number of ether oxygens (including phenoxy) is 1. The molecule has 0 atom stereocenters. The van der Waals surface area contributed by atoms with Gasteiger partial charge < -0.3 is 26.4 Å². The van der Waals surface area contributed by atoms with Crippen LogP contribution in [0.2, 0.25) is 0 Å². The van der Waals surface area contributed by atoms with Crippen molar-refractivity contribution in [1.29, 1.82) is 0 Å². The van der Waals surface area contributed by atoms with Gasteiger partial charge in [0.25, 0.3) is 11.8 Å². The molecule has 3 aromatic carbocycles. The zero-order valence-corrected chi connectivity index (χ0v) is 36.5. The molecule has 4 aromatic rings. The molecule has 5 N–H and O–H groups in total. The third kappa shape index (κ3) is 13.3. The molecule has 0 spiro atoms. The topological polar surface area (TPSA) is 142 Å². The third-order valence-corrected chi connectivity index (χ3v) is 12.3. The van der Waals surface area contributed by atoms with Crippen molar-refractivity contribution in [1.82, 2.24) is 25.4 Å². The number of hydrogen-bond acceptors (Lipinski definition) is 9. The second kappa shape index (κ2) is 19.5. The maximum atomic E-state index is 13.1. The number of aromatic nitrogens is 1. The van der Waals surface area contributed by atoms with Gasteiger partial charge in [-0.25, -0.2) is 0 Å². The van der Waals surface area contributed by atoms with E-state index in [0.717, 1.165) is 66.1 Å². The van der Waals surface area contributed by atoms with Crippen LogP contribution in [0.1, 0.15) is 99.6 Å². The Labute approximate surface area is 349 Å². The number of benzene rings is 3. The zero-order chi connectivity index (χ0) is 42.1. The molecule has 5 rings (SSSR count). The Morgan fingerprint density at radius 1 is 0.862 bits per heavy atom. The summed E-state index contributed by atoms with van der Waals surface area (Å²) in [5, 5.41) is 10.1. The first-order valence-corrected chi connectivity index (χ1v) is 21.2. The van der Waals surface area contributed by atoms with Crippen LogP contribution in [0.25, 0.3) is 10.9 Å². The summed E-state index contributed by atoms with van der Waals surface area (Å²) in [4.78, 5) is 49.2. The maximum Gasteiger partial charge on any atom is 0.255 e. The van der Waals surface area contributed by atoms with Gasteiger partial charge in [0.15, 0.2) is 0 Å². The summed E-state index contributed by atoms with van der Waals surface area (Å²) in [6, 6.07) is 21.2. The van der Waals surface area contributed by atoms with E-state index >= 15 is 0 Å². The summed E-state index contributed by atoms with van der Waals surface area (Å²) in [5.74, 6) is -0.318. The number of rotatable bonds is 18. The quantitative estimate of drug-likeness (QED) is 0.0589. The lowest BCUT2D eigenvalue weighted by molar-refractivity contribution is -0.124. The minimum absolute atomic E-state index is 0.00516. The fourth-order valence-electron chi connectivity index (χ4n) is 6.67. The molecule has 0 bridgehead atoms. The van der Waals surface area contributed by atoms with Crippen LogP contribution in [-0.2, 0) is 16.1 Å². The molecule has 1 fully saturated rings. The summed E-state index contributed by atoms with van der Waals surface area (Å²) in [6.07, 6.45) is 4.00. The van der Waals surface area contributed by atoms with Crippen molar-refractivity contribution in [2.45, 2.75) is 102 Å². The molecule has 1 saturated heterocycles. The molecule has 0 aliphatic carbocycles. The Morgan fingerprint density at radius 2 is 1.57 bits per heavy atom. The van der Waals surface area contributed by atoms with E-state index in [9.17, 15) is 14.4 Å². The molecule has 2 heterocycles. The molecule has 3 amide bonds. The number of thioether (sulfide) groups is 1. The highest BCUT2D eigenvalue weighted by Gasteiger charge is 2.26. The molecule has 1 aliphatic heterocycles. The Kier molecular flexibility index (Phi) is 15.0. The summed E-state index contributed by atoms with van der Waals surface area (Å²) in [6.45, 7) is 22.1. The monoisotopic (exact) mass is 809 g/mol. The van der Waals surface area contributed by atoms with E-state index in [-0.39, 0.29) is 22.5 Å². The minimum Gasteiger partial charge on any atom is -0.398 e. The van der Waals surface area contributed by atoms with Gasteiger partial charge in [0.2, 0.25) is 5.91 Å². The smallest absolute Gasteiger partial charge is 0.255 e. The summed E-state index contributed by atoms with van der Waals surface area (Å²) in [5.41, 5.74) is 10.6. The predicted molar refractivity (Wildman–Crippen MR) is 237 cm³/mol. The number of para-hydroxylation sites is 1. The number of amides is 3. The number of fused-ring (bicyclic) bond motifs is 1. The zero-order valence-electron chi connectivity index (χ0n) is 35.7. The lowest BCUT2D eigenvalue weighted by Crippen LogP contribution is -2.52. The molecule has 11 nitrogen and oxygen atoms in total. The number of nitrogens with one attached hydrogen (secondary N) is 3. The van der Waals surface area contributed by atoms with Gasteiger partial charge in [-0.15, -0.1) is 11.8 Å². The van der Waals surface area contributed by atoms with E-state index in [1.54, 1.807) is 12.3 Å². The fourth-order valence-corrected chi connectivity index (χ4v) is 7.83. The Bertz CT molecular complexity index is 2040. The second-order valence-corrected chi connectivity index (χ2v) is 19.1. The van der Waals surface area contributed by atoms with Crippen LogP contribution >= 0.6 is 11.8 Å². The number of nitrogen functional groups attached to an aromatic ring is 1. The van der Waals surface area contributed by atoms with Gasteiger partial charge in [-0.05, 0) is 101 Å². The van der Waals surface area contributed by atoms with Gasteiger partial charge in [0.05, 0.1) is 23.2 Å². The summed E-state index contributed by atoms with van der Waals surface area (Å²) in [7, 11) is 0. The lowest BCUT2D eigenvalue weighted by Gasteiger charge is -2.35. The average Bonchev–Trinajstić information content (AvgIpc) is 3.16. The van der Waals surface area contributed by atoms with E-state index in [2.05, 4.69) is 57.6 Å². The number of hydrogen-bond donors (Lipinski definition) is 4. The van der Waals surface area contributed by atoms with Gasteiger partial charge in [0.1, 0.15) is 0 Å². The highest BCUT2D eigenvalue weighted by atomic mass is 32.2. The summed E-state index contributed by atoms with van der Waals surface area (Å²) < 4.78 is 6.36. The highest BCUT2D eigenvalue weighted by molar-refractivity contribution is 8.00. The number of carbonyl (C=O) groups is 3. The SMILES string of the molecule is CCC(C)(C)Sc1cccc2cc(C(=O)NCCC(C)(C)OCCC(C)(C)NC(=O)CN3CCN(Cc4ccc(C(=O)Nc5ccc(C)c(N)c5)cc4)CC3)cnc12. The van der Waals surface area contributed by atoms with Crippen LogP contribution in [-0.4, -0.2) is 94.3 Å². The highest BCUT2D eigenvalue weighted by Crippen LogP contribution is 2.38. The van der Waals surface area contributed by atoms with Crippen molar-refractivity contribution in [2.24, 2.45) is 0 Å². The van der Waals surface area contributed by atoms with Crippen molar-refractivity contribution in [3.05, 3.63) is 95.2 Å². The summed E-state index contributed by atoms with van der Waals surface area (Å²) >= 11 is 1.81. The number of nitrogens with two attached hydrogens (primary N) is 1. The molecule has 0 unspecified atom stereocenters. The normalized spacial score (nSPS) is 14.3. The van der Waals surface area contributed by atoms with E-state index < -0.39 is 11.1 Å². The van der Waals surface area contributed by atoms with E-state index in [1.165, 1.54) is 0 Å². The fraction of sp³-hybridized carbons (Fsp3) is 0.478. The second-order valence-electron chi connectivity index (χ2n) is 17.3. The standard InChI is InChI=1S/C46H63N7O4S/c1-9-46(7,8)58-39-12-10-11-35-27-36(29-49-41(35)39)42(55)48-21-19-45(5,6)57-26-20-44(3,4)51-40(54)31-53-24-22-52(23-25-53)30-33-14-16-34(17-15-33)43(56)50-37-18-13-32(2)38(47)28-37/h10-18,27-29H,9,19-26,30-31,47H2,1-8H3,(H,48,55)(H,50,56)(H,51,54). The van der Waals surface area contributed by atoms with Crippen molar-refractivity contribution in [3.8, 4) is 0 Å². The Hall–Kier alpha value is -4.49. The third-order valence-electron chi connectivity index (χ3n) is 10.9. The average molecular weight is 810 g/mol. The molecule has 1 aromatic heterocycles. The molecule has 312 valence electrons. The molecule has 0 saturated carbocycles. The molecule has 0 radical (unpaired) electrons. The number of carbonyl (C=O) groups excluding carboxylic acids is 3. The molecule has 58 heavy (non-hydrogen) atoms. The van der Waals surface area contributed by atoms with Gasteiger partial charge in [-0.2, -0.15) is 0 Å². The first-order valence-electron chi connectivity index (χ1n) is 20.4. The van der Waals surface area contributed by atoms with Gasteiger partial charge in [-0.3, -0.25) is 29.2 Å². The minimum atomic E-state index is -0.458. The first kappa shape index (κ1) is 44.6. The number of anilines is 2. The van der Waals surface area contributed by atoms with Crippen molar-refractivity contribution >= 4 is 51.8 Å². The van der Waals surface area contributed by atoms with Gasteiger partial charge in [0, 0.05) is 89.6 Å².